The van der Waals surface area contributed by atoms with Crippen molar-refractivity contribution in [3.8, 4) is 45.8 Å². The number of nitriles is 2. The molecule has 2 aromatic heterocycles. The lowest BCUT2D eigenvalue weighted by Crippen LogP contribution is -2.15. The molecule has 0 bridgehead atoms. The van der Waals surface area contributed by atoms with Crippen LogP contribution in [0.3, 0.4) is 0 Å². The van der Waals surface area contributed by atoms with Gasteiger partial charge in [-0.05, 0) is 119 Å². The van der Waals surface area contributed by atoms with Crippen LogP contribution in [0.15, 0.2) is 121 Å². The van der Waals surface area contributed by atoms with Gasteiger partial charge in [0.25, 0.3) is 0 Å². The summed E-state index contributed by atoms with van der Waals surface area (Å²) in [5.41, 5.74) is 18.7. The Bertz CT molecular complexity index is 3120. The van der Waals surface area contributed by atoms with Crippen LogP contribution in [0.25, 0.3) is 77.2 Å². The molecule has 0 spiro atoms. The van der Waals surface area contributed by atoms with Gasteiger partial charge in [0.1, 0.15) is 12.1 Å². The molecule has 9 aromatic rings. The minimum atomic E-state index is -0.192. The average molecular weight is 719 g/mol. The summed E-state index contributed by atoms with van der Waals surface area (Å²) in [6.45, 7) is 13.4. The maximum absolute atomic E-state index is 11.1. The second kappa shape index (κ2) is 10.9. The summed E-state index contributed by atoms with van der Waals surface area (Å²) >= 11 is 0. The third-order valence-corrected chi connectivity index (χ3v) is 13.1. The first-order valence-electron chi connectivity index (χ1n) is 19.4. The van der Waals surface area contributed by atoms with Crippen molar-refractivity contribution in [2.45, 2.75) is 52.4 Å². The lowest BCUT2D eigenvalue weighted by atomic mass is 9.82. The van der Waals surface area contributed by atoms with E-state index >= 15 is 0 Å². The van der Waals surface area contributed by atoms with Crippen molar-refractivity contribution in [1.29, 1.82) is 10.5 Å². The highest BCUT2D eigenvalue weighted by atomic mass is 15.0. The quantitative estimate of drug-likeness (QED) is 0.179. The largest absolute Gasteiger partial charge is 0.308 e. The zero-order valence-electron chi connectivity index (χ0n) is 32.3. The first-order chi connectivity index (χ1) is 27.0. The summed E-state index contributed by atoms with van der Waals surface area (Å²) in [7, 11) is 0. The fourth-order valence-corrected chi connectivity index (χ4v) is 10.3. The van der Waals surface area contributed by atoms with Gasteiger partial charge in [-0.3, -0.25) is 0 Å². The van der Waals surface area contributed by atoms with Crippen LogP contribution < -0.4 is 0 Å². The van der Waals surface area contributed by atoms with Crippen LogP contribution >= 0.6 is 0 Å². The maximum Gasteiger partial charge on any atom is 0.101 e. The van der Waals surface area contributed by atoms with Crippen molar-refractivity contribution in [1.82, 2.24) is 9.13 Å². The number of fused-ring (bicyclic) bond motifs is 12. The van der Waals surface area contributed by atoms with Crippen molar-refractivity contribution >= 4 is 43.6 Å². The molecular formula is C52H38N4. The van der Waals surface area contributed by atoms with Crippen LogP contribution in [0.2, 0.25) is 0 Å². The number of aromatic nitrogens is 2. The Labute approximate surface area is 326 Å². The van der Waals surface area contributed by atoms with E-state index in [1.54, 1.807) is 0 Å². The minimum Gasteiger partial charge on any atom is -0.308 e. The van der Waals surface area contributed by atoms with Crippen molar-refractivity contribution in [2.75, 3.05) is 0 Å². The van der Waals surface area contributed by atoms with E-state index in [9.17, 15) is 10.5 Å². The van der Waals surface area contributed by atoms with Gasteiger partial charge in [0, 0.05) is 32.4 Å². The Hall–Kier alpha value is -6.88. The van der Waals surface area contributed by atoms with E-state index in [1.165, 1.54) is 55.6 Å². The molecule has 56 heavy (non-hydrogen) atoms. The smallest absolute Gasteiger partial charge is 0.101 e. The molecule has 4 heteroatoms. The molecule has 2 heterocycles. The third-order valence-electron chi connectivity index (χ3n) is 13.1. The van der Waals surface area contributed by atoms with E-state index in [4.69, 9.17) is 0 Å². The molecule has 0 radical (unpaired) electrons. The average Bonchev–Trinajstić information content (AvgIpc) is 3.84. The predicted octanol–water partition coefficient (Wildman–Crippen LogP) is 12.9. The maximum atomic E-state index is 11.1. The van der Waals surface area contributed by atoms with Crippen LogP contribution in [0.5, 0.6) is 0 Å². The molecule has 0 unspecified atom stereocenters. The van der Waals surface area contributed by atoms with Gasteiger partial charge >= 0.3 is 0 Å². The van der Waals surface area contributed by atoms with Crippen molar-refractivity contribution < 1.29 is 0 Å². The van der Waals surface area contributed by atoms with Crippen molar-refractivity contribution in [2.24, 2.45) is 0 Å². The summed E-state index contributed by atoms with van der Waals surface area (Å²) in [4.78, 5) is 0. The first-order valence-corrected chi connectivity index (χ1v) is 19.4. The molecule has 0 aliphatic heterocycles. The molecule has 0 fully saturated rings. The molecule has 0 N–H and O–H groups in total. The van der Waals surface area contributed by atoms with E-state index in [-0.39, 0.29) is 10.8 Å². The topological polar surface area (TPSA) is 57.4 Å². The zero-order valence-corrected chi connectivity index (χ0v) is 32.3. The number of hydrogen-bond acceptors (Lipinski definition) is 2. The molecular weight excluding hydrogens is 681 g/mol. The minimum absolute atomic E-state index is 0.192. The standard InChI is InChI=1S/C52H38N4/c1-29-15-17-45-37(19-29)39-23-35-33-11-7-9-13-41(33)51(3,4)43(35)25-49(39)55(45)47-21-32(28-54)48(22-31(47)27-53)56-46-18-16-30(2)20-38(46)40-24-36-34-12-8-10-14-42(34)52(5,6)44(36)26-50(40)56/h7-26H,1-6H3. The first kappa shape index (κ1) is 32.5. The Balaban J connectivity index is 1.21. The van der Waals surface area contributed by atoms with Crippen molar-refractivity contribution in [3.05, 3.63) is 166 Å². The number of rotatable bonds is 2. The molecule has 11 rings (SSSR count). The number of benzene rings is 7. The molecule has 2 aliphatic carbocycles. The number of nitrogens with zero attached hydrogens (tertiary/aromatic N) is 4. The van der Waals surface area contributed by atoms with Crippen molar-refractivity contribution in [3.63, 3.8) is 0 Å². The Kier molecular flexibility index (Phi) is 6.32. The molecule has 7 aromatic carbocycles. The van der Waals surface area contributed by atoms with Crippen LogP contribution in [0.4, 0.5) is 0 Å². The van der Waals surface area contributed by atoms with E-state index in [2.05, 4.69) is 172 Å². The normalized spacial score (nSPS) is 14.5. The molecule has 4 nitrogen and oxygen atoms in total. The molecule has 0 atom stereocenters. The zero-order chi connectivity index (χ0) is 38.4. The van der Waals surface area contributed by atoms with Crippen LogP contribution in [0, 0.1) is 36.5 Å². The predicted molar refractivity (Wildman–Crippen MR) is 229 cm³/mol. The lowest BCUT2D eigenvalue weighted by molar-refractivity contribution is 0.661. The van der Waals surface area contributed by atoms with Gasteiger partial charge in [-0.2, -0.15) is 10.5 Å². The molecule has 0 amide bonds. The highest BCUT2D eigenvalue weighted by Gasteiger charge is 2.38. The number of hydrogen-bond donors (Lipinski definition) is 0. The van der Waals surface area contributed by atoms with Crippen LogP contribution in [-0.2, 0) is 10.8 Å². The summed E-state index contributed by atoms with van der Waals surface area (Å²) in [5, 5.41) is 26.6. The summed E-state index contributed by atoms with van der Waals surface area (Å²) < 4.78 is 4.43. The van der Waals surface area contributed by atoms with Crippen LogP contribution in [-0.4, -0.2) is 9.13 Å². The Morgan fingerprint density at radius 2 is 0.804 bits per heavy atom. The summed E-state index contributed by atoms with van der Waals surface area (Å²) in [6.07, 6.45) is 0. The van der Waals surface area contributed by atoms with E-state index in [0.29, 0.717) is 22.5 Å². The lowest BCUT2D eigenvalue weighted by Gasteiger charge is -2.22. The SMILES string of the molecule is Cc1ccc2c(c1)c1cc3c(cc1n2-c1cc(C#N)c(-n2c4ccc(C)cc4c4cc5c(cc42)C(C)(C)c2ccccc2-5)cc1C#N)C(C)(C)c1ccccc1-3. The number of aryl methyl sites for hydroxylation is 2. The van der Waals surface area contributed by atoms with Crippen LogP contribution in [0.1, 0.15) is 72.2 Å². The fourth-order valence-electron chi connectivity index (χ4n) is 10.3. The van der Waals surface area contributed by atoms with Gasteiger partial charge in [-0.1, -0.05) is 99.5 Å². The second-order valence-corrected chi connectivity index (χ2v) is 17.0. The fraction of sp³-hybridized carbons (Fsp3) is 0.154. The van der Waals surface area contributed by atoms with E-state index < -0.39 is 0 Å². The third kappa shape index (κ3) is 4.06. The van der Waals surface area contributed by atoms with Gasteiger partial charge in [0.2, 0.25) is 0 Å². The molecule has 266 valence electrons. The summed E-state index contributed by atoms with van der Waals surface area (Å²) in [5.74, 6) is 0. The van der Waals surface area contributed by atoms with Gasteiger partial charge in [-0.25, -0.2) is 0 Å². The summed E-state index contributed by atoms with van der Waals surface area (Å²) in [6, 6.07) is 48.9. The van der Waals surface area contributed by atoms with Gasteiger partial charge in [-0.15, -0.1) is 0 Å². The molecule has 0 saturated carbocycles. The van der Waals surface area contributed by atoms with E-state index in [0.717, 1.165) is 43.6 Å². The molecule has 0 saturated heterocycles. The van der Waals surface area contributed by atoms with Gasteiger partial charge < -0.3 is 9.13 Å². The Morgan fingerprint density at radius 1 is 0.411 bits per heavy atom. The highest BCUT2D eigenvalue weighted by Crippen LogP contribution is 2.53. The van der Waals surface area contributed by atoms with Gasteiger partial charge in [0.15, 0.2) is 0 Å². The second-order valence-electron chi connectivity index (χ2n) is 17.0. The Morgan fingerprint density at radius 3 is 1.21 bits per heavy atom. The monoisotopic (exact) mass is 718 g/mol. The van der Waals surface area contributed by atoms with Gasteiger partial charge in [0.05, 0.1) is 44.6 Å². The van der Waals surface area contributed by atoms with E-state index in [1.807, 2.05) is 12.1 Å². The highest BCUT2D eigenvalue weighted by molar-refractivity contribution is 6.13. The molecule has 2 aliphatic rings.